The number of amides is 1. The van der Waals surface area contributed by atoms with Crippen LogP contribution in [0, 0.1) is 5.41 Å². The van der Waals surface area contributed by atoms with Gasteiger partial charge in [-0.25, -0.2) is 0 Å². The molecule has 0 bridgehead atoms. The number of nitrogens with zero attached hydrogens (tertiary/aromatic N) is 1. The lowest BCUT2D eigenvalue weighted by Crippen LogP contribution is -2.38. The van der Waals surface area contributed by atoms with Crippen molar-refractivity contribution < 1.29 is 9.90 Å². The molecule has 0 saturated carbocycles. The Kier molecular flexibility index (Phi) is 8.25. The predicted octanol–water partition coefficient (Wildman–Crippen LogP) is 3.21. The number of aliphatic hydroxyl groups excluding tert-OH is 1. The number of unbranched alkanes of at least 4 members (excludes halogenated alkanes) is 2. The molecule has 0 spiro atoms. The largest absolute Gasteiger partial charge is 0.396 e. The maximum atomic E-state index is 12.1. The average molecular weight is 257 g/mol. The Morgan fingerprint density at radius 2 is 1.78 bits per heavy atom. The molecular weight excluding hydrogens is 226 g/mol. The van der Waals surface area contributed by atoms with Crippen LogP contribution in [0.5, 0.6) is 0 Å². The molecule has 0 aromatic rings. The van der Waals surface area contributed by atoms with E-state index in [1.807, 2.05) is 4.90 Å². The van der Waals surface area contributed by atoms with Gasteiger partial charge in [0.25, 0.3) is 0 Å². The molecule has 0 aromatic carbocycles. The lowest BCUT2D eigenvalue weighted by molar-refractivity contribution is -0.133. The van der Waals surface area contributed by atoms with Crippen molar-refractivity contribution in [2.24, 2.45) is 5.41 Å². The van der Waals surface area contributed by atoms with Crippen LogP contribution in [-0.2, 0) is 4.79 Å². The quantitative estimate of drug-likeness (QED) is 0.678. The van der Waals surface area contributed by atoms with Gasteiger partial charge in [-0.05, 0) is 38.5 Å². The fraction of sp³-hybridized carbons (Fsp3) is 0.933. The van der Waals surface area contributed by atoms with Crippen LogP contribution in [0.3, 0.4) is 0 Å². The highest BCUT2D eigenvalue weighted by molar-refractivity contribution is 5.76. The normalized spacial score (nSPS) is 11.9. The Hall–Kier alpha value is -0.570. The summed E-state index contributed by atoms with van der Waals surface area (Å²) in [6, 6.07) is 0.276. The first-order valence-corrected chi connectivity index (χ1v) is 7.18. The van der Waals surface area contributed by atoms with Crippen molar-refractivity contribution >= 4 is 5.91 Å². The molecule has 3 heteroatoms. The minimum Gasteiger partial charge on any atom is -0.396 e. The highest BCUT2D eigenvalue weighted by Gasteiger charge is 2.19. The van der Waals surface area contributed by atoms with E-state index in [9.17, 15) is 4.79 Å². The molecule has 0 aliphatic carbocycles. The van der Waals surface area contributed by atoms with E-state index in [1.165, 1.54) is 0 Å². The van der Waals surface area contributed by atoms with Gasteiger partial charge in [0.05, 0.1) is 0 Å². The van der Waals surface area contributed by atoms with E-state index in [2.05, 4.69) is 34.6 Å². The topological polar surface area (TPSA) is 40.5 Å². The molecular formula is C15H31NO2. The second-order valence-corrected chi connectivity index (χ2v) is 6.53. The van der Waals surface area contributed by atoms with Crippen molar-refractivity contribution in [1.29, 1.82) is 0 Å². The average Bonchev–Trinajstić information content (AvgIpc) is 2.22. The molecule has 108 valence electrons. The number of carbonyl (C=O) groups is 1. The van der Waals surface area contributed by atoms with Gasteiger partial charge in [0.2, 0.25) is 5.91 Å². The van der Waals surface area contributed by atoms with Crippen LogP contribution < -0.4 is 0 Å². The summed E-state index contributed by atoms with van der Waals surface area (Å²) in [7, 11) is 0. The van der Waals surface area contributed by atoms with Gasteiger partial charge >= 0.3 is 0 Å². The van der Waals surface area contributed by atoms with Gasteiger partial charge < -0.3 is 10.0 Å². The van der Waals surface area contributed by atoms with Crippen LogP contribution >= 0.6 is 0 Å². The van der Waals surface area contributed by atoms with Crippen LogP contribution in [0.2, 0.25) is 0 Å². The third-order valence-electron chi connectivity index (χ3n) is 3.10. The summed E-state index contributed by atoms with van der Waals surface area (Å²) < 4.78 is 0. The van der Waals surface area contributed by atoms with E-state index in [0.717, 1.165) is 32.2 Å². The third kappa shape index (κ3) is 8.51. The molecule has 0 heterocycles. The van der Waals surface area contributed by atoms with Gasteiger partial charge in [0, 0.05) is 25.6 Å². The summed E-state index contributed by atoms with van der Waals surface area (Å²) in [4.78, 5) is 14.1. The van der Waals surface area contributed by atoms with Gasteiger partial charge in [0.15, 0.2) is 0 Å². The molecule has 0 atom stereocenters. The molecule has 18 heavy (non-hydrogen) atoms. The summed E-state index contributed by atoms with van der Waals surface area (Å²) in [5.74, 6) is 0.257. The van der Waals surface area contributed by atoms with E-state index < -0.39 is 0 Å². The molecule has 1 amide bonds. The number of aliphatic hydroxyl groups is 1. The van der Waals surface area contributed by atoms with Crippen LogP contribution in [0.15, 0.2) is 0 Å². The monoisotopic (exact) mass is 257 g/mol. The van der Waals surface area contributed by atoms with Crippen LogP contribution in [0.25, 0.3) is 0 Å². The highest BCUT2D eigenvalue weighted by Crippen LogP contribution is 2.20. The summed E-state index contributed by atoms with van der Waals surface area (Å²) in [5, 5.41) is 8.71. The molecule has 0 rings (SSSR count). The first-order chi connectivity index (χ1) is 8.28. The molecule has 3 nitrogen and oxygen atoms in total. The molecule has 0 aliphatic heterocycles. The smallest absolute Gasteiger partial charge is 0.222 e. The number of rotatable bonds is 8. The zero-order valence-corrected chi connectivity index (χ0v) is 12.8. The second-order valence-electron chi connectivity index (χ2n) is 6.53. The van der Waals surface area contributed by atoms with Crippen molar-refractivity contribution in [1.82, 2.24) is 4.90 Å². The number of carbonyl (C=O) groups excluding carboxylic acids is 1. The molecule has 0 radical (unpaired) electrons. The molecule has 0 fully saturated rings. The molecule has 0 saturated heterocycles. The lowest BCUT2D eigenvalue weighted by Gasteiger charge is -2.30. The maximum Gasteiger partial charge on any atom is 0.222 e. The van der Waals surface area contributed by atoms with Crippen molar-refractivity contribution in [2.45, 2.75) is 72.8 Å². The van der Waals surface area contributed by atoms with Crippen LogP contribution in [-0.4, -0.2) is 35.1 Å². The summed E-state index contributed by atoms with van der Waals surface area (Å²) in [6.45, 7) is 11.8. The Labute approximate surface area is 113 Å². The van der Waals surface area contributed by atoms with Gasteiger partial charge in [-0.3, -0.25) is 4.79 Å². The maximum absolute atomic E-state index is 12.1. The van der Waals surface area contributed by atoms with Gasteiger partial charge in [0.1, 0.15) is 0 Å². The van der Waals surface area contributed by atoms with E-state index in [-0.39, 0.29) is 24.0 Å². The summed E-state index contributed by atoms with van der Waals surface area (Å²) in [6.07, 6.45) is 4.28. The Bertz CT molecular complexity index is 231. The Morgan fingerprint density at radius 3 is 2.22 bits per heavy atom. The fourth-order valence-electron chi connectivity index (χ4n) is 1.84. The molecule has 0 aromatic heterocycles. The van der Waals surface area contributed by atoms with Crippen molar-refractivity contribution in [3.63, 3.8) is 0 Å². The second kappa shape index (κ2) is 8.52. The van der Waals surface area contributed by atoms with Gasteiger partial charge in [-0.2, -0.15) is 0 Å². The third-order valence-corrected chi connectivity index (χ3v) is 3.10. The van der Waals surface area contributed by atoms with Crippen molar-refractivity contribution in [3.8, 4) is 0 Å². The van der Waals surface area contributed by atoms with Crippen molar-refractivity contribution in [2.75, 3.05) is 13.2 Å². The first-order valence-electron chi connectivity index (χ1n) is 7.18. The van der Waals surface area contributed by atoms with Gasteiger partial charge in [-0.15, -0.1) is 0 Å². The molecule has 0 unspecified atom stereocenters. The Balaban J connectivity index is 4.12. The van der Waals surface area contributed by atoms with E-state index in [1.54, 1.807) is 0 Å². The zero-order valence-electron chi connectivity index (χ0n) is 12.8. The minimum absolute atomic E-state index is 0.228. The molecule has 1 N–H and O–H groups in total. The van der Waals surface area contributed by atoms with E-state index in [4.69, 9.17) is 5.11 Å². The Morgan fingerprint density at radius 1 is 1.17 bits per heavy atom. The van der Waals surface area contributed by atoms with E-state index >= 15 is 0 Å². The van der Waals surface area contributed by atoms with Gasteiger partial charge in [-0.1, -0.05) is 27.2 Å². The SMILES string of the molecule is CC(C)N(CCC(C)(C)C)C(=O)CCCCCO. The van der Waals surface area contributed by atoms with Crippen molar-refractivity contribution in [3.05, 3.63) is 0 Å². The fourth-order valence-corrected chi connectivity index (χ4v) is 1.84. The lowest BCUT2D eigenvalue weighted by atomic mass is 9.92. The number of hydrogen-bond acceptors (Lipinski definition) is 2. The molecule has 0 aliphatic rings. The standard InChI is InChI=1S/C15H31NO2/c1-13(2)16(11-10-15(3,4)5)14(18)9-7-6-8-12-17/h13,17H,6-12H2,1-5H3. The van der Waals surface area contributed by atoms with E-state index in [0.29, 0.717) is 6.42 Å². The van der Waals surface area contributed by atoms with Crippen LogP contribution in [0.4, 0.5) is 0 Å². The highest BCUT2D eigenvalue weighted by atomic mass is 16.2. The van der Waals surface area contributed by atoms with Crippen LogP contribution in [0.1, 0.15) is 66.7 Å². The summed E-state index contributed by atoms with van der Waals surface area (Å²) >= 11 is 0. The minimum atomic E-state index is 0.228. The zero-order chi connectivity index (χ0) is 14.2. The summed E-state index contributed by atoms with van der Waals surface area (Å²) in [5.41, 5.74) is 0.268. The predicted molar refractivity (Wildman–Crippen MR) is 76.5 cm³/mol. The first kappa shape index (κ1) is 17.4. The number of hydrogen-bond donors (Lipinski definition) is 1.